The normalized spacial score (nSPS) is 19.3. The van der Waals surface area contributed by atoms with Crippen molar-refractivity contribution in [2.24, 2.45) is 11.8 Å². The number of halogens is 4. The summed E-state index contributed by atoms with van der Waals surface area (Å²) in [6.45, 7) is 3.29. The lowest BCUT2D eigenvalue weighted by atomic mass is 9.89. The van der Waals surface area contributed by atoms with Crippen molar-refractivity contribution in [1.82, 2.24) is 15.2 Å². The van der Waals surface area contributed by atoms with Crippen LogP contribution >= 0.6 is 11.6 Å². The van der Waals surface area contributed by atoms with E-state index in [1.54, 1.807) is 12.3 Å². The Kier molecular flexibility index (Phi) is 12.9. The Morgan fingerprint density at radius 2 is 1.63 bits per heavy atom. The highest BCUT2D eigenvalue weighted by Crippen LogP contribution is 2.37. The number of benzene rings is 1. The molecule has 3 heterocycles. The third-order valence-corrected chi connectivity index (χ3v) is 8.42. The van der Waals surface area contributed by atoms with Crippen LogP contribution in [0, 0.1) is 23.2 Å². The number of alkyl halides is 3. The lowest BCUT2D eigenvalue weighted by Gasteiger charge is -2.34. The minimum Gasteiger partial charge on any atom is -0.465 e. The molecule has 3 aliphatic rings. The zero-order valence-corrected chi connectivity index (χ0v) is 25.1. The van der Waals surface area contributed by atoms with E-state index < -0.39 is 18.2 Å². The molecule has 3 fully saturated rings. The van der Waals surface area contributed by atoms with Crippen LogP contribution in [0.2, 0.25) is 5.02 Å². The van der Waals surface area contributed by atoms with Gasteiger partial charge in [-0.05, 0) is 61.9 Å². The Morgan fingerprint density at radius 1 is 1.00 bits per heavy atom. The van der Waals surface area contributed by atoms with Gasteiger partial charge in [-0.2, -0.15) is 18.4 Å². The van der Waals surface area contributed by atoms with Crippen molar-refractivity contribution in [3.63, 3.8) is 0 Å². The number of piperidine rings is 1. The highest BCUT2D eigenvalue weighted by Gasteiger charge is 2.39. The summed E-state index contributed by atoms with van der Waals surface area (Å²) in [5.41, 5.74) is 1.83. The monoisotopic (exact) mass is 621 g/mol. The molecule has 43 heavy (non-hydrogen) atoms. The highest BCUT2D eigenvalue weighted by atomic mass is 35.5. The van der Waals surface area contributed by atoms with E-state index in [0.717, 1.165) is 75.5 Å². The summed E-state index contributed by atoms with van der Waals surface area (Å²) in [6, 6.07) is 13.8. The van der Waals surface area contributed by atoms with Crippen molar-refractivity contribution < 1.29 is 27.9 Å². The van der Waals surface area contributed by atoms with Crippen molar-refractivity contribution in [2.45, 2.75) is 63.5 Å². The summed E-state index contributed by atoms with van der Waals surface area (Å²) in [5, 5.41) is 19.2. The number of likely N-dealkylation sites (tertiary alicyclic amines) is 1. The molecule has 1 saturated carbocycles. The number of carbonyl (C=O) groups excluding carboxylic acids is 1. The molecule has 8 nitrogen and oxygen atoms in total. The molecule has 1 aliphatic carbocycles. The fraction of sp³-hybridized carbons (Fsp3) is 0.548. The van der Waals surface area contributed by atoms with Gasteiger partial charge < -0.3 is 20.2 Å². The first kappa shape index (κ1) is 34.0. The van der Waals surface area contributed by atoms with E-state index in [0.29, 0.717) is 30.2 Å². The zero-order valence-electron chi connectivity index (χ0n) is 24.3. The Balaban J connectivity index is 0.000000278. The number of nitrogens with one attached hydrogen (secondary N) is 1. The van der Waals surface area contributed by atoms with Crippen molar-refractivity contribution in [3.8, 4) is 6.07 Å². The number of hydrogen-bond acceptors (Lipinski definition) is 5. The predicted molar refractivity (Wildman–Crippen MR) is 159 cm³/mol. The molecule has 2 amide bonds. The Labute approximate surface area is 255 Å². The van der Waals surface area contributed by atoms with E-state index in [2.05, 4.69) is 28.1 Å². The van der Waals surface area contributed by atoms with Crippen LogP contribution in [-0.4, -0.2) is 66.4 Å². The topological polar surface area (TPSA) is 110 Å². The Hall–Kier alpha value is -3.52. The van der Waals surface area contributed by atoms with E-state index in [9.17, 15) is 22.8 Å². The van der Waals surface area contributed by atoms with Gasteiger partial charge in [0.05, 0.1) is 11.5 Å². The standard InChI is InChI=1S/C22H23ClN4O.C7H11F3.C2H5NO2/c23-20-4-2-17(3-5-20)19-9-12-27(15-19)22(28)18-7-10-26(11-8-18)21-6-1-16(13-24)14-25-21;8-7(9,10)6-4-2-1-3-5-6;1-3-2(4)5/h1-6,14,18-19H,7-12,15H2;6H,1-5H2;3H,1H3,(H,4,5). The SMILES string of the molecule is CNC(=O)O.FC(F)(F)C1CCCCC1.N#Cc1ccc(N2CCC(C(=O)N3CCC(c4ccc(Cl)cc4)C3)CC2)nc1. The minimum atomic E-state index is -3.93. The molecule has 1 aromatic carbocycles. The lowest BCUT2D eigenvalue weighted by molar-refractivity contribution is -0.181. The number of rotatable bonds is 3. The molecule has 234 valence electrons. The van der Waals surface area contributed by atoms with Gasteiger partial charge in [0.2, 0.25) is 5.91 Å². The van der Waals surface area contributed by atoms with Crippen LogP contribution in [0.4, 0.5) is 23.8 Å². The lowest BCUT2D eigenvalue weighted by Crippen LogP contribution is -2.42. The van der Waals surface area contributed by atoms with Gasteiger partial charge in [0, 0.05) is 56.3 Å². The average Bonchev–Trinajstić information content (AvgIpc) is 3.52. The molecule has 2 aliphatic heterocycles. The summed E-state index contributed by atoms with van der Waals surface area (Å²) in [7, 11) is 1.35. The number of nitrogens with zero attached hydrogens (tertiary/aromatic N) is 4. The predicted octanol–water partition coefficient (Wildman–Crippen LogP) is 6.85. The van der Waals surface area contributed by atoms with E-state index in [4.69, 9.17) is 22.0 Å². The van der Waals surface area contributed by atoms with Gasteiger partial charge in [-0.15, -0.1) is 0 Å². The Bertz CT molecular complexity index is 1210. The first-order chi connectivity index (χ1) is 20.5. The molecule has 1 aromatic heterocycles. The van der Waals surface area contributed by atoms with E-state index in [1.165, 1.54) is 12.6 Å². The van der Waals surface area contributed by atoms with Crippen LogP contribution < -0.4 is 10.2 Å². The molecule has 2 saturated heterocycles. The molecule has 5 rings (SSSR count). The Morgan fingerprint density at radius 3 is 2.12 bits per heavy atom. The van der Waals surface area contributed by atoms with Crippen molar-refractivity contribution in [2.75, 3.05) is 38.1 Å². The number of hydrogen-bond donors (Lipinski definition) is 2. The van der Waals surface area contributed by atoms with Gasteiger partial charge in [-0.25, -0.2) is 9.78 Å². The molecule has 2 N–H and O–H groups in total. The largest absolute Gasteiger partial charge is 0.465 e. The first-order valence-corrected chi connectivity index (χ1v) is 15.0. The molecule has 2 aromatic rings. The molecule has 0 radical (unpaired) electrons. The molecule has 0 spiro atoms. The van der Waals surface area contributed by atoms with Crippen LogP contribution in [0.1, 0.15) is 68.4 Å². The molecular formula is C31H39ClF3N5O3. The number of anilines is 1. The van der Waals surface area contributed by atoms with Gasteiger partial charge in [-0.1, -0.05) is 43.0 Å². The van der Waals surface area contributed by atoms with Crippen LogP contribution in [-0.2, 0) is 4.79 Å². The van der Waals surface area contributed by atoms with Crippen LogP contribution in [0.5, 0.6) is 0 Å². The fourth-order valence-electron chi connectivity index (χ4n) is 5.65. The summed E-state index contributed by atoms with van der Waals surface area (Å²) >= 11 is 5.98. The van der Waals surface area contributed by atoms with Gasteiger partial charge in [0.15, 0.2) is 0 Å². The van der Waals surface area contributed by atoms with Crippen molar-refractivity contribution in [1.29, 1.82) is 5.26 Å². The number of nitriles is 1. The van der Waals surface area contributed by atoms with Gasteiger partial charge in [-0.3, -0.25) is 4.79 Å². The number of amides is 2. The quantitative estimate of drug-likeness (QED) is 0.388. The van der Waals surface area contributed by atoms with E-state index in [-0.39, 0.29) is 5.92 Å². The molecule has 12 heteroatoms. The highest BCUT2D eigenvalue weighted by molar-refractivity contribution is 6.30. The third-order valence-electron chi connectivity index (χ3n) is 8.17. The number of aromatic nitrogens is 1. The second-order valence-corrected chi connectivity index (χ2v) is 11.5. The maximum atomic E-state index is 13.0. The molecule has 1 atom stereocenters. The summed E-state index contributed by atoms with van der Waals surface area (Å²) in [4.78, 5) is 30.9. The smallest absolute Gasteiger partial charge is 0.404 e. The van der Waals surface area contributed by atoms with Crippen LogP contribution in [0.3, 0.4) is 0 Å². The van der Waals surface area contributed by atoms with E-state index in [1.807, 2.05) is 28.4 Å². The van der Waals surface area contributed by atoms with Crippen molar-refractivity contribution >= 4 is 29.4 Å². The maximum absolute atomic E-state index is 13.0. The van der Waals surface area contributed by atoms with Crippen LogP contribution in [0.15, 0.2) is 42.6 Å². The second kappa shape index (κ2) is 16.4. The summed E-state index contributed by atoms with van der Waals surface area (Å²) in [5.74, 6) is 0.682. The number of pyridine rings is 1. The van der Waals surface area contributed by atoms with E-state index >= 15 is 0 Å². The van der Waals surface area contributed by atoms with Crippen molar-refractivity contribution in [3.05, 3.63) is 58.7 Å². The van der Waals surface area contributed by atoms with Gasteiger partial charge in [0.1, 0.15) is 11.9 Å². The molecular weight excluding hydrogens is 583 g/mol. The van der Waals surface area contributed by atoms with Gasteiger partial charge >= 0.3 is 12.3 Å². The number of carboxylic acid groups (broad SMARTS) is 1. The fourth-order valence-corrected chi connectivity index (χ4v) is 5.78. The second-order valence-electron chi connectivity index (χ2n) is 11.0. The van der Waals surface area contributed by atoms with Gasteiger partial charge in [0.25, 0.3) is 0 Å². The zero-order chi connectivity index (χ0) is 31.4. The summed E-state index contributed by atoms with van der Waals surface area (Å²) < 4.78 is 35.8. The minimum absolute atomic E-state index is 0.0959. The van der Waals surface area contributed by atoms with Crippen LogP contribution in [0.25, 0.3) is 0 Å². The number of carbonyl (C=O) groups is 2. The molecule has 0 bridgehead atoms. The molecule has 1 unspecified atom stereocenters. The maximum Gasteiger partial charge on any atom is 0.404 e. The first-order valence-electron chi connectivity index (χ1n) is 14.6. The summed E-state index contributed by atoms with van der Waals surface area (Å²) in [6.07, 6.45) is 2.58. The average molecular weight is 622 g/mol. The third kappa shape index (κ3) is 10.6.